The molecule has 0 spiro atoms. The molecule has 4 heteroatoms. The standard InChI is InChI=1S/C16H22N2O2/c1-4-18(10-11(2)3)15-13(16(19)20)9-12-7-5-6-8-14(12)17-15/h9H,2,4-8,10H2,1,3H3,(H,19,20). The average molecular weight is 274 g/mol. The van der Waals surface area contributed by atoms with E-state index in [9.17, 15) is 9.90 Å². The van der Waals surface area contributed by atoms with Crippen LogP contribution >= 0.6 is 0 Å². The molecule has 0 radical (unpaired) electrons. The maximum Gasteiger partial charge on any atom is 0.339 e. The maximum atomic E-state index is 11.5. The van der Waals surface area contributed by atoms with Crippen LogP contribution in [0, 0.1) is 0 Å². The highest BCUT2D eigenvalue weighted by atomic mass is 16.4. The normalized spacial score (nSPS) is 13.7. The second-order valence-electron chi connectivity index (χ2n) is 5.45. The monoisotopic (exact) mass is 274 g/mol. The Labute approximate surface area is 120 Å². The number of likely N-dealkylation sites (N-methyl/N-ethyl adjacent to an activating group) is 1. The van der Waals surface area contributed by atoms with Crippen LogP contribution in [0.2, 0.25) is 0 Å². The number of hydrogen-bond acceptors (Lipinski definition) is 3. The van der Waals surface area contributed by atoms with Crippen molar-refractivity contribution in [3.63, 3.8) is 0 Å². The summed E-state index contributed by atoms with van der Waals surface area (Å²) in [5.41, 5.74) is 3.48. The smallest absolute Gasteiger partial charge is 0.339 e. The molecular weight excluding hydrogens is 252 g/mol. The van der Waals surface area contributed by atoms with E-state index in [4.69, 9.17) is 0 Å². The van der Waals surface area contributed by atoms with Gasteiger partial charge in [-0.15, -0.1) is 0 Å². The summed E-state index contributed by atoms with van der Waals surface area (Å²) in [6.07, 6.45) is 4.15. The first-order valence-electron chi connectivity index (χ1n) is 7.18. The van der Waals surface area contributed by atoms with E-state index in [0.29, 0.717) is 17.9 Å². The lowest BCUT2D eigenvalue weighted by Crippen LogP contribution is -2.28. The van der Waals surface area contributed by atoms with Gasteiger partial charge in [-0.1, -0.05) is 12.2 Å². The molecule has 0 unspecified atom stereocenters. The first-order chi connectivity index (χ1) is 9.52. The number of aromatic nitrogens is 1. The number of carboxylic acids is 1. The summed E-state index contributed by atoms with van der Waals surface area (Å²) in [6.45, 7) is 9.23. The topological polar surface area (TPSA) is 53.4 Å². The number of rotatable bonds is 5. The molecule has 1 heterocycles. The minimum atomic E-state index is -0.902. The highest BCUT2D eigenvalue weighted by Gasteiger charge is 2.21. The molecule has 0 amide bonds. The van der Waals surface area contributed by atoms with Gasteiger partial charge in [0, 0.05) is 18.8 Å². The van der Waals surface area contributed by atoms with Crippen molar-refractivity contribution in [2.75, 3.05) is 18.0 Å². The molecule has 1 aromatic heterocycles. The summed E-state index contributed by atoms with van der Waals surface area (Å²) in [7, 11) is 0. The van der Waals surface area contributed by atoms with Crippen molar-refractivity contribution in [3.05, 3.63) is 35.0 Å². The third kappa shape index (κ3) is 3.00. The van der Waals surface area contributed by atoms with E-state index in [1.807, 2.05) is 24.8 Å². The highest BCUT2D eigenvalue weighted by Crippen LogP contribution is 2.27. The van der Waals surface area contributed by atoms with E-state index < -0.39 is 5.97 Å². The van der Waals surface area contributed by atoms with Crippen molar-refractivity contribution in [2.45, 2.75) is 39.5 Å². The van der Waals surface area contributed by atoms with Crippen LogP contribution in [0.4, 0.5) is 5.82 Å². The van der Waals surface area contributed by atoms with Crippen LogP contribution < -0.4 is 4.90 Å². The van der Waals surface area contributed by atoms with Gasteiger partial charge in [-0.05, 0) is 51.2 Å². The van der Waals surface area contributed by atoms with Gasteiger partial charge in [-0.2, -0.15) is 0 Å². The second-order valence-corrected chi connectivity index (χ2v) is 5.45. The highest BCUT2D eigenvalue weighted by molar-refractivity contribution is 5.93. The minimum absolute atomic E-state index is 0.314. The van der Waals surface area contributed by atoms with Gasteiger partial charge in [-0.25, -0.2) is 9.78 Å². The maximum absolute atomic E-state index is 11.5. The Morgan fingerprint density at radius 3 is 2.75 bits per heavy atom. The number of carbonyl (C=O) groups is 1. The molecule has 0 fully saturated rings. The van der Waals surface area contributed by atoms with E-state index in [1.165, 1.54) is 0 Å². The third-order valence-corrected chi connectivity index (χ3v) is 3.65. The molecule has 1 aliphatic rings. The number of aryl methyl sites for hydroxylation is 2. The van der Waals surface area contributed by atoms with Gasteiger partial charge in [0.1, 0.15) is 11.4 Å². The van der Waals surface area contributed by atoms with Crippen LogP contribution in [-0.2, 0) is 12.8 Å². The lowest BCUT2D eigenvalue weighted by molar-refractivity contribution is 0.0697. The molecule has 108 valence electrons. The quantitative estimate of drug-likeness (QED) is 0.838. The van der Waals surface area contributed by atoms with Crippen molar-refractivity contribution in [1.29, 1.82) is 0 Å². The van der Waals surface area contributed by atoms with E-state index >= 15 is 0 Å². The summed E-state index contributed by atoms with van der Waals surface area (Å²) >= 11 is 0. The Morgan fingerprint density at radius 2 is 2.15 bits per heavy atom. The molecule has 0 saturated carbocycles. The Balaban J connectivity index is 2.48. The van der Waals surface area contributed by atoms with Crippen LogP contribution in [0.3, 0.4) is 0 Å². The van der Waals surface area contributed by atoms with Crippen molar-refractivity contribution >= 4 is 11.8 Å². The zero-order chi connectivity index (χ0) is 14.7. The van der Waals surface area contributed by atoms with Gasteiger partial charge in [0.25, 0.3) is 0 Å². The summed E-state index contributed by atoms with van der Waals surface area (Å²) in [5.74, 6) is -0.315. The number of nitrogens with zero attached hydrogens (tertiary/aromatic N) is 2. The van der Waals surface area contributed by atoms with Gasteiger partial charge < -0.3 is 10.0 Å². The van der Waals surface area contributed by atoms with Crippen molar-refractivity contribution in [2.24, 2.45) is 0 Å². The lowest BCUT2D eigenvalue weighted by Gasteiger charge is -2.26. The van der Waals surface area contributed by atoms with Gasteiger partial charge >= 0.3 is 5.97 Å². The number of aromatic carboxylic acids is 1. The lowest BCUT2D eigenvalue weighted by atomic mass is 9.94. The first-order valence-corrected chi connectivity index (χ1v) is 7.18. The Morgan fingerprint density at radius 1 is 1.45 bits per heavy atom. The van der Waals surface area contributed by atoms with Gasteiger partial charge in [0.2, 0.25) is 0 Å². The molecular formula is C16H22N2O2. The Bertz CT molecular complexity index is 538. The molecule has 0 aromatic carbocycles. The van der Waals surface area contributed by atoms with Crippen molar-refractivity contribution in [1.82, 2.24) is 4.98 Å². The number of anilines is 1. The summed E-state index contributed by atoms with van der Waals surface area (Å²) in [5, 5.41) is 9.46. The van der Waals surface area contributed by atoms with Gasteiger partial charge in [-0.3, -0.25) is 0 Å². The molecule has 0 aliphatic heterocycles. The van der Waals surface area contributed by atoms with Crippen molar-refractivity contribution < 1.29 is 9.90 Å². The van der Waals surface area contributed by atoms with Gasteiger partial charge in [0.15, 0.2) is 0 Å². The van der Waals surface area contributed by atoms with Crippen LogP contribution in [0.1, 0.15) is 48.3 Å². The summed E-state index contributed by atoms with van der Waals surface area (Å²) in [6, 6.07) is 1.82. The first kappa shape index (κ1) is 14.6. The van der Waals surface area contributed by atoms with Crippen molar-refractivity contribution in [3.8, 4) is 0 Å². The van der Waals surface area contributed by atoms with E-state index in [2.05, 4.69) is 11.6 Å². The Hall–Kier alpha value is -1.84. The molecule has 1 N–H and O–H groups in total. The third-order valence-electron chi connectivity index (χ3n) is 3.65. The fourth-order valence-electron chi connectivity index (χ4n) is 2.68. The molecule has 20 heavy (non-hydrogen) atoms. The molecule has 0 bridgehead atoms. The predicted molar refractivity (Wildman–Crippen MR) is 80.5 cm³/mol. The van der Waals surface area contributed by atoms with Crippen LogP contribution in [-0.4, -0.2) is 29.1 Å². The molecule has 0 saturated heterocycles. The molecule has 2 rings (SSSR count). The minimum Gasteiger partial charge on any atom is -0.478 e. The zero-order valence-corrected chi connectivity index (χ0v) is 12.3. The Kier molecular flexibility index (Phi) is 4.42. The van der Waals surface area contributed by atoms with E-state index in [1.54, 1.807) is 0 Å². The van der Waals surface area contributed by atoms with E-state index in [-0.39, 0.29) is 0 Å². The fourth-order valence-corrected chi connectivity index (χ4v) is 2.68. The summed E-state index contributed by atoms with van der Waals surface area (Å²) < 4.78 is 0. The van der Waals surface area contributed by atoms with E-state index in [0.717, 1.165) is 49.1 Å². The second kappa shape index (κ2) is 6.07. The number of fused-ring (bicyclic) bond motifs is 1. The SMILES string of the molecule is C=C(C)CN(CC)c1nc2c(cc1C(=O)O)CCCC2. The number of carboxylic acid groups (broad SMARTS) is 1. The zero-order valence-electron chi connectivity index (χ0n) is 12.3. The average Bonchev–Trinajstić information content (AvgIpc) is 2.43. The molecule has 1 aromatic rings. The molecule has 4 nitrogen and oxygen atoms in total. The predicted octanol–water partition coefficient (Wildman–Crippen LogP) is 3.06. The molecule has 0 atom stereocenters. The number of pyridine rings is 1. The van der Waals surface area contributed by atoms with Crippen LogP contribution in [0.5, 0.6) is 0 Å². The van der Waals surface area contributed by atoms with Crippen LogP contribution in [0.15, 0.2) is 18.2 Å². The fraction of sp³-hybridized carbons (Fsp3) is 0.500. The molecule has 1 aliphatic carbocycles. The summed E-state index contributed by atoms with van der Waals surface area (Å²) in [4.78, 5) is 18.2. The number of hydrogen-bond donors (Lipinski definition) is 1. The van der Waals surface area contributed by atoms with Gasteiger partial charge in [0.05, 0.1) is 0 Å². The van der Waals surface area contributed by atoms with Crippen LogP contribution in [0.25, 0.3) is 0 Å². The largest absolute Gasteiger partial charge is 0.478 e.